The molecule has 1 heterocycles. The minimum Gasteiger partial charge on any atom is -0.391 e. The normalized spacial score (nSPS) is 13.7. The van der Waals surface area contributed by atoms with Gasteiger partial charge in [0.15, 0.2) is 0 Å². The van der Waals surface area contributed by atoms with E-state index in [1.807, 2.05) is 6.08 Å². The van der Waals surface area contributed by atoms with E-state index in [0.717, 1.165) is 0 Å². The van der Waals surface area contributed by atoms with Crippen LogP contribution in [0.25, 0.3) is 0 Å². The molecule has 1 aliphatic rings. The maximum absolute atomic E-state index is 4.55. The van der Waals surface area contributed by atoms with Gasteiger partial charge in [-0.3, -0.25) is 4.70 Å². The molecule has 0 radical (unpaired) electrons. The van der Waals surface area contributed by atoms with Gasteiger partial charge in [-0.15, -0.1) is 0 Å². The van der Waals surface area contributed by atoms with Crippen LogP contribution in [0.1, 0.15) is 0 Å². The highest BCUT2D eigenvalue weighted by Gasteiger charge is 1.72. The first kappa shape index (κ1) is 6.01. The Morgan fingerprint density at radius 3 is 2.29 bits per heavy atom. The second kappa shape index (κ2) is 3.21. The van der Waals surface area contributed by atoms with Crippen molar-refractivity contribution in [1.29, 1.82) is 0 Å². The van der Waals surface area contributed by atoms with E-state index in [1.165, 1.54) is 0 Å². The zero-order chi connectivity index (χ0) is 4.24. The van der Waals surface area contributed by atoms with E-state index >= 15 is 0 Å². The zero-order valence-electron chi connectivity index (χ0n) is 3.63. The first-order valence-corrected chi connectivity index (χ1v) is 1.73. The Morgan fingerprint density at radius 1 is 1.29 bits per heavy atom. The molecule has 7 heavy (non-hydrogen) atoms. The summed E-state index contributed by atoms with van der Waals surface area (Å²) in [5, 5.41) is 0. The summed E-state index contributed by atoms with van der Waals surface area (Å²) in [4.78, 5) is 4.55. The van der Waals surface area contributed by atoms with Crippen LogP contribution in [0.15, 0.2) is 24.6 Å². The molecule has 2 nitrogen and oxygen atoms in total. The van der Waals surface area contributed by atoms with E-state index in [9.17, 15) is 0 Å². The number of nitrogens with one attached hydrogen (secondary N) is 1. The van der Waals surface area contributed by atoms with Crippen LogP contribution in [0.5, 0.6) is 0 Å². The van der Waals surface area contributed by atoms with E-state index in [1.54, 1.807) is 18.5 Å². The molecule has 0 aromatic rings. The van der Waals surface area contributed by atoms with Gasteiger partial charge in [0.2, 0.25) is 0 Å². The third-order valence-corrected chi connectivity index (χ3v) is 0.490. The monoisotopic (exact) mass is 103 g/mol. The van der Waals surface area contributed by atoms with Crippen molar-refractivity contribution >= 4 is 0 Å². The van der Waals surface area contributed by atoms with Gasteiger partial charge in [-0.2, -0.15) is 0 Å². The van der Waals surface area contributed by atoms with Crippen molar-refractivity contribution in [3.63, 3.8) is 0 Å². The summed E-state index contributed by atoms with van der Waals surface area (Å²) in [6, 6.07) is 0. The molecule has 0 unspecified atom stereocenters. The maximum atomic E-state index is 4.55. The first-order chi connectivity index (χ1) is 3.00. The van der Waals surface area contributed by atoms with Crippen LogP contribution in [0.4, 0.5) is 4.70 Å². The van der Waals surface area contributed by atoms with Gasteiger partial charge in [-0.05, 0) is 12.2 Å². The standard InChI is InChI=1S/C4H5NO.FH/c1-2-4-6-5-3-1;/h1-5H;1H. The molecular formula is C4H6FNO. The van der Waals surface area contributed by atoms with Gasteiger partial charge < -0.3 is 4.84 Å². The molecule has 1 rings (SSSR count). The second-order valence-electron chi connectivity index (χ2n) is 0.923. The summed E-state index contributed by atoms with van der Waals surface area (Å²) >= 11 is 0. The Hall–Kier alpha value is -0.990. The first-order valence-electron chi connectivity index (χ1n) is 1.73. The Kier molecular flexibility index (Phi) is 2.76. The number of rotatable bonds is 0. The zero-order valence-corrected chi connectivity index (χ0v) is 3.63. The highest BCUT2D eigenvalue weighted by molar-refractivity contribution is 5.00. The Morgan fingerprint density at radius 2 is 2.14 bits per heavy atom. The maximum Gasteiger partial charge on any atom is 0.119 e. The fraction of sp³-hybridized carbons (Fsp3) is 0. The van der Waals surface area contributed by atoms with Gasteiger partial charge in [-0.1, -0.05) is 0 Å². The summed E-state index contributed by atoms with van der Waals surface area (Å²) < 4.78 is 0. The van der Waals surface area contributed by atoms with Crippen LogP contribution in [0.2, 0.25) is 0 Å². The Balaban J connectivity index is 0.000000360. The van der Waals surface area contributed by atoms with Crippen molar-refractivity contribution < 1.29 is 9.54 Å². The van der Waals surface area contributed by atoms with Crippen LogP contribution < -0.4 is 5.48 Å². The van der Waals surface area contributed by atoms with Crippen LogP contribution >= 0.6 is 0 Å². The van der Waals surface area contributed by atoms with Crippen molar-refractivity contribution in [2.45, 2.75) is 0 Å². The number of hydrogen-bond donors (Lipinski definition) is 1. The predicted molar refractivity (Wildman–Crippen MR) is 25.0 cm³/mol. The topological polar surface area (TPSA) is 21.3 Å². The molecule has 0 atom stereocenters. The minimum atomic E-state index is 0. The van der Waals surface area contributed by atoms with Crippen LogP contribution in [-0.4, -0.2) is 0 Å². The lowest BCUT2D eigenvalue weighted by atomic mass is 10.6. The molecule has 0 fully saturated rings. The Labute approximate surface area is 40.8 Å². The average Bonchev–Trinajstić information content (AvgIpc) is 1.72. The molecule has 0 aromatic carbocycles. The molecular weight excluding hydrogens is 97.0 g/mol. The van der Waals surface area contributed by atoms with Crippen molar-refractivity contribution in [2.75, 3.05) is 0 Å². The fourth-order valence-corrected chi connectivity index (χ4v) is 0.258. The smallest absolute Gasteiger partial charge is 0.119 e. The van der Waals surface area contributed by atoms with Gasteiger partial charge >= 0.3 is 0 Å². The average molecular weight is 103 g/mol. The number of allylic oxidation sites excluding steroid dienone is 2. The van der Waals surface area contributed by atoms with Crippen LogP contribution in [0.3, 0.4) is 0 Å². The lowest BCUT2D eigenvalue weighted by Crippen LogP contribution is -2.01. The number of hydroxylamine groups is 1. The third kappa shape index (κ3) is 1.81. The molecule has 1 aliphatic heterocycles. The molecule has 0 aromatic heterocycles. The summed E-state index contributed by atoms with van der Waals surface area (Å²) in [5.41, 5.74) is 2.52. The number of hydrogen-bond acceptors (Lipinski definition) is 2. The molecule has 0 saturated heterocycles. The fourth-order valence-electron chi connectivity index (χ4n) is 0.258. The highest BCUT2D eigenvalue weighted by atomic mass is 19.0. The number of halogens is 1. The summed E-state index contributed by atoms with van der Waals surface area (Å²) in [6.45, 7) is 0. The van der Waals surface area contributed by atoms with E-state index in [-0.39, 0.29) is 4.70 Å². The van der Waals surface area contributed by atoms with Gasteiger partial charge in [0.1, 0.15) is 6.26 Å². The minimum absolute atomic E-state index is 0. The molecule has 1 N–H and O–H groups in total. The molecule has 0 saturated carbocycles. The predicted octanol–water partition coefficient (Wildman–Crippen LogP) is 0.701. The van der Waals surface area contributed by atoms with Crippen molar-refractivity contribution in [3.05, 3.63) is 24.6 Å². The van der Waals surface area contributed by atoms with E-state index in [4.69, 9.17) is 0 Å². The SMILES string of the molecule is C1=CNOC=C1.F. The van der Waals surface area contributed by atoms with E-state index in [0.29, 0.717) is 0 Å². The van der Waals surface area contributed by atoms with E-state index < -0.39 is 0 Å². The van der Waals surface area contributed by atoms with Crippen LogP contribution in [-0.2, 0) is 4.84 Å². The van der Waals surface area contributed by atoms with E-state index in [2.05, 4.69) is 10.3 Å². The quantitative estimate of drug-likeness (QED) is 0.487. The van der Waals surface area contributed by atoms with Crippen molar-refractivity contribution in [2.24, 2.45) is 0 Å². The summed E-state index contributed by atoms with van der Waals surface area (Å²) in [7, 11) is 0. The Bertz CT molecular complexity index is 77.7. The van der Waals surface area contributed by atoms with Gasteiger partial charge in [0.05, 0.1) is 0 Å². The molecule has 0 bridgehead atoms. The highest BCUT2D eigenvalue weighted by Crippen LogP contribution is 1.80. The van der Waals surface area contributed by atoms with Gasteiger partial charge in [-0.25, -0.2) is 5.48 Å². The second-order valence-corrected chi connectivity index (χ2v) is 0.923. The molecule has 0 amide bonds. The summed E-state index contributed by atoms with van der Waals surface area (Å²) in [5.74, 6) is 0. The molecule has 40 valence electrons. The lowest BCUT2D eigenvalue weighted by molar-refractivity contribution is 0.172. The third-order valence-electron chi connectivity index (χ3n) is 0.490. The van der Waals surface area contributed by atoms with Crippen molar-refractivity contribution in [3.8, 4) is 0 Å². The summed E-state index contributed by atoms with van der Waals surface area (Å²) in [6.07, 6.45) is 6.93. The largest absolute Gasteiger partial charge is 0.391 e. The lowest BCUT2D eigenvalue weighted by Gasteiger charge is -1.97. The van der Waals surface area contributed by atoms with Crippen molar-refractivity contribution in [1.82, 2.24) is 5.48 Å². The van der Waals surface area contributed by atoms with Crippen LogP contribution in [0, 0.1) is 0 Å². The van der Waals surface area contributed by atoms with Gasteiger partial charge in [0.25, 0.3) is 0 Å². The molecule has 0 spiro atoms. The van der Waals surface area contributed by atoms with Gasteiger partial charge in [0, 0.05) is 6.20 Å². The molecule has 3 heteroatoms. The molecule has 0 aliphatic carbocycles.